The van der Waals surface area contributed by atoms with Crippen molar-refractivity contribution in [3.05, 3.63) is 70.4 Å². The minimum absolute atomic E-state index is 0.0206. The van der Waals surface area contributed by atoms with Crippen LogP contribution in [0.4, 0.5) is 5.69 Å². The number of benzene rings is 2. The van der Waals surface area contributed by atoms with Crippen molar-refractivity contribution in [1.82, 2.24) is 19.3 Å². The zero-order chi connectivity index (χ0) is 20.1. The normalized spacial score (nSPS) is 11.8. The molecule has 8 nitrogen and oxygen atoms in total. The van der Waals surface area contributed by atoms with Crippen LogP contribution in [0.15, 0.2) is 58.2 Å². The molecular weight excluding hydrogens is 378 g/mol. The van der Waals surface area contributed by atoms with E-state index in [1.807, 2.05) is 18.2 Å². The summed E-state index contributed by atoms with van der Waals surface area (Å²) < 4.78 is 31.3. The van der Waals surface area contributed by atoms with Gasteiger partial charge in [0.05, 0.1) is 27.3 Å². The molecule has 0 aliphatic heterocycles. The fourth-order valence-electron chi connectivity index (χ4n) is 3.16. The van der Waals surface area contributed by atoms with E-state index in [0.29, 0.717) is 28.2 Å². The quantitative estimate of drug-likeness (QED) is 0.552. The summed E-state index contributed by atoms with van der Waals surface area (Å²) in [5.41, 5.74) is 2.04. The summed E-state index contributed by atoms with van der Waals surface area (Å²) in [4.78, 5) is 20.3. The molecule has 0 unspecified atom stereocenters. The first-order valence-corrected chi connectivity index (χ1v) is 10.1. The molecule has 0 bridgehead atoms. The number of rotatable bonds is 4. The number of aromatic nitrogens is 4. The van der Waals surface area contributed by atoms with Gasteiger partial charge in [0.2, 0.25) is 0 Å². The number of H-pyrrole nitrogens is 1. The van der Waals surface area contributed by atoms with Crippen LogP contribution in [0.25, 0.3) is 16.7 Å². The van der Waals surface area contributed by atoms with Gasteiger partial charge in [0.15, 0.2) is 0 Å². The Morgan fingerprint density at radius 2 is 1.79 bits per heavy atom. The van der Waals surface area contributed by atoms with E-state index in [-0.39, 0.29) is 10.6 Å². The summed E-state index contributed by atoms with van der Waals surface area (Å²) >= 11 is 0. The van der Waals surface area contributed by atoms with Gasteiger partial charge in [-0.3, -0.25) is 14.2 Å². The number of sulfonamides is 1. The van der Waals surface area contributed by atoms with Gasteiger partial charge >= 0.3 is 0 Å². The fraction of sp³-hybridized carbons (Fsp3) is 0.158. The van der Waals surface area contributed by atoms with Crippen LogP contribution in [0.2, 0.25) is 0 Å². The number of nitrogens with zero attached hydrogens (tertiary/aromatic N) is 3. The molecule has 2 aromatic carbocycles. The molecule has 144 valence electrons. The Hall–Kier alpha value is -3.33. The minimum Gasteiger partial charge on any atom is -0.342 e. The third-order valence-electron chi connectivity index (χ3n) is 4.67. The van der Waals surface area contributed by atoms with Crippen molar-refractivity contribution >= 4 is 26.7 Å². The highest BCUT2D eigenvalue weighted by Gasteiger charge is 2.23. The number of anilines is 1. The lowest BCUT2D eigenvalue weighted by atomic mass is 10.3. The number of imidazole rings is 1. The minimum atomic E-state index is -3.95. The highest BCUT2D eigenvalue weighted by Crippen LogP contribution is 2.21. The number of aryl methyl sites for hydroxylation is 1. The molecule has 2 N–H and O–H groups in total. The summed E-state index contributed by atoms with van der Waals surface area (Å²) in [6.45, 7) is 3.49. The van der Waals surface area contributed by atoms with Crippen molar-refractivity contribution in [2.45, 2.75) is 18.7 Å². The van der Waals surface area contributed by atoms with Gasteiger partial charge in [-0.15, -0.1) is 0 Å². The lowest BCUT2D eigenvalue weighted by Gasteiger charge is -2.07. The molecule has 28 heavy (non-hydrogen) atoms. The lowest BCUT2D eigenvalue weighted by Crippen LogP contribution is -2.23. The van der Waals surface area contributed by atoms with Gasteiger partial charge in [-0.2, -0.15) is 0 Å². The van der Waals surface area contributed by atoms with E-state index < -0.39 is 15.6 Å². The molecule has 9 heteroatoms. The highest BCUT2D eigenvalue weighted by atomic mass is 32.2. The molecule has 0 saturated carbocycles. The summed E-state index contributed by atoms with van der Waals surface area (Å²) in [7, 11) is -2.24. The van der Waals surface area contributed by atoms with Crippen LogP contribution in [0.5, 0.6) is 0 Å². The first-order chi connectivity index (χ1) is 13.3. The number of nitrogens with one attached hydrogen (secondary N) is 2. The van der Waals surface area contributed by atoms with Gasteiger partial charge in [-0.1, -0.05) is 18.2 Å². The Balaban J connectivity index is 1.78. The van der Waals surface area contributed by atoms with Crippen molar-refractivity contribution in [2.75, 3.05) is 4.72 Å². The van der Waals surface area contributed by atoms with Crippen molar-refractivity contribution in [2.24, 2.45) is 7.05 Å². The summed E-state index contributed by atoms with van der Waals surface area (Å²) in [6.07, 6.45) is 0. The predicted molar refractivity (Wildman–Crippen MR) is 107 cm³/mol. The van der Waals surface area contributed by atoms with Crippen LogP contribution in [-0.2, 0) is 17.1 Å². The average Bonchev–Trinajstić information content (AvgIpc) is 3.13. The van der Waals surface area contributed by atoms with Crippen LogP contribution in [-0.4, -0.2) is 27.7 Å². The first-order valence-electron chi connectivity index (χ1n) is 8.61. The van der Waals surface area contributed by atoms with E-state index in [1.165, 1.54) is 16.8 Å². The summed E-state index contributed by atoms with van der Waals surface area (Å²) in [5, 5.41) is 0. The second-order valence-corrected chi connectivity index (χ2v) is 8.23. The molecule has 0 atom stereocenters. The molecule has 4 aromatic rings. The third-order valence-corrected chi connectivity index (χ3v) is 6.02. The predicted octanol–water partition coefficient (Wildman–Crippen LogP) is 2.47. The Labute approximate surface area is 161 Å². The van der Waals surface area contributed by atoms with E-state index in [4.69, 9.17) is 0 Å². The standard InChI is InChI=1S/C19H19N5O3S/c1-12-18(19(25)24(23(12)3)14-7-5-4-6-8-14)22-28(26,27)15-9-10-16-17(11-15)21-13(2)20-16/h4-11,22H,1-3H3,(H,20,21). The molecule has 0 aliphatic rings. The molecule has 0 amide bonds. The van der Waals surface area contributed by atoms with E-state index >= 15 is 0 Å². The van der Waals surface area contributed by atoms with E-state index in [0.717, 1.165) is 0 Å². The number of fused-ring (bicyclic) bond motifs is 1. The van der Waals surface area contributed by atoms with Crippen LogP contribution in [0.1, 0.15) is 11.5 Å². The molecule has 0 radical (unpaired) electrons. The maximum atomic E-state index is 12.9. The van der Waals surface area contributed by atoms with Gasteiger partial charge in [0, 0.05) is 7.05 Å². The molecule has 0 aliphatic carbocycles. The number of hydrogen-bond donors (Lipinski definition) is 2. The van der Waals surface area contributed by atoms with Crippen molar-refractivity contribution in [3.8, 4) is 5.69 Å². The Morgan fingerprint density at radius 3 is 2.50 bits per heavy atom. The second-order valence-electron chi connectivity index (χ2n) is 6.54. The monoisotopic (exact) mass is 397 g/mol. The van der Waals surface area contributed by atoms with Crippen LogP contribution in [0.3, 0.4) is 0 Å². The molecular formula is C19H19N5O3S. The second kappa shape index (κ2) is 6.38. The van der Waals surface area contributed by atoms with Gasteiger partial charge in [-0.05, 0) is 44.2 Å². The third kappa shape index (κ3) is 2.89. The van der Waals surface area contributed by atoms with E-state index in [2.05, 4.69) is 14.7 Å². The Morgan fingerprint density at radius 1 is 1.07 bits per heavy atom. The maximum Gasteiger partial charge on any atom is 0.296 e. The first kappa shape index (κ1) is 18.1. The van der Waals surface area contributed by atoms with Gasteiger partial charge in [0.1, 0.15) is 11.5 Å². The SMILES string of the molecule is Cc1nc2ccc(S(=O)(=O)Nc3c(C)n(C)n(-c4ccccc4)c3=O)cc2[nH]1. The van der Waals surface area contributed by atoms with Crippen molar-refractivity contribution in [3.63, 3.8) is 0 Å². The molecule has 0 saturated heterocycles. The van der Waals surface area contributed by atoms with E-state index in [1.54, 1.807) is 43.8 Å². The van der Waals surface area contributed by atoms with Crippen LogP contribution in [0, 0.1) is 13.8 Å². The maximum absolute atomic E-state index is 12.9. The van der Waals surface area contributed by atoms with Crippen molar-refractivity contribution < 1.29 is 8.42 Å². The molecule has 0 spiro atoms. The summed E-state index contributed by atoms with van der Waals surface area (Å²) in [5.74, 6) is 0.696. The van der Waals surface area contributed by atoms with Crippen LogP contribution < -0.4 is 10.3 Å². The van der Waals surface area contributed by atoms with Crippen molar-refractivity contribution in [1.29, 1.82) is 0 Å². The summed E-state index contributed by atoms with van der Waals surface area (Å²) in [6, 6.07) is 13.7. The zero-order valence-corrected chi connectivity index (χ0v) is 16.4. The fourth-order valence-corrected chi connectivity index (χ4v) is 4.30. The Bertz CT molecular complexity index is 1350. The molecule has 2 heterocycles. The molecule has 0 fully saturated rings. The largest absolute Gasteiger partial charge is 0.342 e. The van der Waals surface area contributed by atoms with Gasteiger partial charge < -0.3 is 4.98 Å². The number of hydrogen-bond acceptors (Lipinski definition) is 4. The molecule has 2 aromatic heterocycles. The molecule has 4 rings (SSSR count). The zero-order valence-electron chi connectivity index (χ0n) is 15.6. The number of aromatic amines is 1. The topological polar surface area (TPSA) is 102 Å². The average molecular weight is 397 g/mol. The smallest absolute Gasteiger partial charge is 0.296 e. The van der Waals surface area contributed by atoms with Gasteiger partial charge in [-0.25, -0.2) is 18.1 Å². The van der Waals surface area contributed by atoms with Gasteiger partial charge in [0.25, 0.3) is 15.6 Å². The Kier molecular flexibility index (Phi) is 4.11. The lowest BCUT2D eigenvalue weighted by molar-refractivity contribution is 0.601. The highest BCUT2D eigenvalue weighted by molar-refractivity contribution is 7.92. The van der Waals surface area contributed by atoms with Crippen LogP contribution >= 0.6 is 0 Å². The van der Waals surface area contributed by atoms with E-state index in [9.17, 15) is 13.2 Å². The number of para-hydroxylation sites is 1.